The molecule has 34 heavy (non-hydrogen) atoms. The van der Waals surface area contributed by atoms with Crippen LogP contribution in [0.1, 0.15) is 5.56 Å². The van der Waals surface area contributed by atoms with Crippen LogP contribution < -0.4 is 11.0 Å². The number of pyridine rings is 1. The van der Waals surface area contributed by atoms with E-state index in [4.69, 9.17) is 4.52 Å². The summed E-state index contributed by atoms with van der Waals surface area (Å²) in [6, 6.07) is 12.9. The second kappa shape index (κ2) is 8.35. The maximum absolute atomic E-state index is 13.5. The van der Waals surface area contributed by atoms with Crippen LogP contribution in [0.25, 0.3) is 28.5 Å². The van der Waals surface area contributed by atoms with E-state index >= 15 is 0 Å². The Kier molecular flexibility index (Phi) is 5.21. The Morgan fingerprint density at radius 3 is 2.71 bits per heavy atom. The highest BCUT2D eigenvalue weighted by molar-refractivity contribution is 5.91. The number of hydrogen-bond acceptors (Lipinski definition) is 6. The Balaban J connectivity index is 1.45. The molecule has 9 nitrogen and oxygen atoms in total. The molecule has 0 aliphatic heterocycles. The molecule has 0 unspecified atom stereocenters. The van der Waals surface area contributed by atoms with Crippen LogP contribution >= 0.6 is 0 Å². The van der Waals surface area contributed by atoms with Gasteiger partial charge in [0.2, 0.25) is 11.7 Å². The number of benzene rings is 2. The van der Waals surface area contributed by atoms with Crippen molar-refractivity contribution in [3.05, 3.63) is 88.5 Å². The van der Waals surface area contributed by atoms with Gasteiger partial charge >= 0.3 is 5.69 Å². The van der Waals surface area contributed by atoms with E-state index in [1.807, 2.05) is 0 Å². The number of halogens is 2. The predicted octanol–water partition coefficient (Wildman–Crippen LogP) is 3.44. The first kappa shape index (κ1) is 21.2. The highest BCUT2D eigenvalue weighted by Gasteiger charge is 2.19. The van der Waals surface area contributed by atoms with Crippen LogP contribution in [0.15, 0.2) is 70.1 Å². The van der Waals surface area contributed by atoms with Crippen molar-refractivity contribution in [2.24, 2.45) is 0 Å². The predicted molar refractivity (Wildman–Crippen MR) is 118 cm³/mol. The number of anilines is 1. The molecule has 5 rings (SSSR count). The summed E-state index contributed by atoms with van der Waals surface area (Å²) >= 11 is 0. The van der Waals surface area contributed by atoms with Gasteiger partial charge in [0.25, 0.3) is 5.89 Å². The summed E-state index contributed by atoms with van der Waals surface area (Å²) in [7, 11) is 0. The van der Waals surface area contributed by atoms with Crippen molar-refractivity contribution in [2.45, 2.75) is 13.5 Å². The third-order valence-electron chi connectivity index (χ3n) is 5.10. The highest BCUT2D eigenvalue weighted by atomic mass is 19.1. The van der Waals surface area contributed by atoms with Crippen LogP contribution in [0, 0.1) is 18.6 Å². The van der Waals surface area contributed by atoms with Crippen LogP contribution in [-0.2, 0) is 11.3 Å². The zero-order valence-electron chi connectivity index (χ0n) is 17.7. The van der Waals surface area contributed by atoms with Crippen molar-refractivity contribution in [1.29, 1.82) is 0 Å². The fourth-order valence-electron chi connectivity index (χ4n) is 3.48. The third kappa shape index (κ3) is 3.94. The number of amides is 1. The van der Waals surface area contributed by atoms with E-state index in [1.165, 1.54) is 47.0 Å². The van der Waals surface area contributed by atoms with Crippen LogP contribution in [0.2, 0.25) is 0 Å². The van der Waals surface area contributed by atoms with Gasteiger partial charge < -0.3 is 9.84 Å². The molecule has 11 heteroatoms. The van der Waals surface area contributed by atoms with Gasteiger partial charge in [-0.25, -0.2) is 22.7 Å². The van der Waals surface area contributed by atoms with E-state index in [0.29, 0.717) is 22.4 Å². The monoisotopic (exact) mass is 462 g/mol. The van der Waals surface area contributed by atoms with Gasteiger partial charge in [-0.15, -0.1) is 5.10 Å². The van der Waals surface area contributed by atoms with E-state index in [0.717, 1.165) is 4.68 Å². The van der Waals surface area contributed by atoms with Crippen molar-refractivity contribution in [1.82, 2.24) is 24.3 Å². The van der Waals surface area contributed by atoms with Gasteiger partial charge in [-0.1, -0.05) is 17.3 Å². The lowest BCUT2D eigenvalue weighted by Gasteiger charge is -2.07. The molecular weight excluding hydrogens is 446 g/mol. The van der Waals surface area contributed by atoms with Crippen molar-refractivity contribution in [3.63, 3.8) is 0 Å². The molecule has 0 fully saturated rings. The number of aromatic nitrogens is 5. The smallest absolute Gasteiger partial charge is 0.333 e. The molecule has 0 bridgehead atoms. The number of hydrogen-bond donors (Lipinski definition) is 1. The van der Waals surface area contributed by atoms with E-state index in [2.05, 4.69) is 20.6 Å². The van der Waals surface area contributed by atoms with Gasteiger partial charge in [-0.3, -0.25) is 4.79 Å². The van der Waals surface area contributed by atoms with E-state index in [1.54, 1.807) is 25.1 Å². The standard InChI is InChI=1S/C23H16F2N6O3/c1-13-10-16(25)7-8-18(13)26-19(32)12-31-23(33)30-9-3-6-17(21(30)28-31)22-27-20(29-34-22)14-4-2-5-15(24)11-14/h2-11H,12H2,1H3,(H,26,32). The lowest BCUT2D eigenvalue weighted by molar-refractivity contribution is -0.117. The lowest BCUT2D eigenvalue weighted by atomic mass is 10.2. The Morgan fingerprint density at radius 2 is 1.91 bits per heavy atom. The van der Waals surface area contributed by atoms with Gasteiger partial charge in [-0.2, -0.15) is 4.98 Å². The third-order valence-corrected chi connectivity index (χ3v) is 5.10. The van der Waals surface area contributed by atoms with Crippen molar-refractivity contribution in [3.8, 4) is 22.8 Å². The van der Waals surface area contributed by atoms with Crippen molar-refractivity contribution in [2.75, 3.05) is 5.32 Å². The van der Waals surface area contributed by atoms with Crippen molar-refractivity contribution >= 4 is 17.2 Å². The zero-order valence-corrected chi connectivity index (χ0v) is 17.7. The molecule has 0 aliphatic carbocycles. The Morgan fingerprint density at radius 1 is 1.09 bits per heavy atom. The number of nitrogens with one attached hydrogen (secondary N) is 1. The minimum atomic E-state index is -0.548. The molecule has 0 spiro atoms. The minimum absolute atomic E-state index is 0.0772. The molecule has 1 amide bonds. The van der Waals surface area contributed by atoms with Crippen LogP contribution in [0.5, 0.6) is 0 Å². The summed E-state index contributed by atoms with van der Waals surface area (Å²) in [6.45, 7) is 1.29. The minimum Gasteiger partial charge on any atom is -0.333 e. The van der Waals surface area contributed by atoms with Gasteiger partial charge in [0.15, 0.2) is 5.65 Å². The molecule has 5 aromatic rings. The highest BCUT2D eigenvalue weighted by Crippen LogP contribution is 2.25. The first-order chi connectivity index (χ1) is 16.4. The maximum Gasteiger partial charge on any atom is 0.350 e. The maximum atomic E-state index is 13.5. The molecule has 0 radical (unpaired) electrons. The van der Waals surface area contributed by atoms with Crippen molar-refractivity contribution < 1.29 is 18.1 Å². The first-order valence-corrected chi connectivity index (χ1v) is 10.1. The fourth-order valence-corrected chi connectivity index (χ4v) is 3.48. The van der Waals surface area contributed by atoms with Crippen LogP contribution in [0.4, 0.5) is 14.5 Å². The van der Waals surface area contributed by atoms with Gasteiger partial charge in [0.1, 0.15) is 18.2 Å². The normalized spacial score (nSPS) is 11.1. The zero-order chi connectivity index (χ0) is 23.8. The molecule has 170 valence electrons. The number of carbonyl (C=O) groups excluding carboxylic acids is 1. The second-order valence-electron chi connectivity index (χ2n) is 7.50. The summed E-state index contributed by atoms with van der Waals surface area (Å²) in [6.07, 6.45) is 1.50. The Bertz CT molecular complexity index is 1600. The fraction of sp³-hybridized carbons (Fsp3) is 0.0870. The number of aryl methyl sites for hydroxylation is 1. The van der Waals surface area contributed by atoms with E-state index in [9.17, 15) is 18.4 Å². The largest absolute Gasteiger partial charge is 0.350 e. The first-order valence-electron chi connectivity index (χ1n) is 10.1. The summed E-state index contributed by atoms with van der Waals surface area (Å²) in [5, 5.41) is 10.8. The summed E-state index contributed by atoms with van der Waals surface area (Å²) < 4.78 is 34.4. The van der Waals surface area contributed by atoms with Gasteiger partial charge in [0, 0.05) is 17.4 Å². The van der Waals surface area contributed by atoms with E-state index < -0.39 is 23.2 Å². The summed E-state index contributed by atoms with van der Waals surface area (Å²) in [4.78, 5) is 29.6. The lowest BCUT2D eigenvalue weighted by Crippen LogP contribution is -2.28. The molecule has 0 atom stereocenters. The average Bonchev–Trinajstić information content (AvgIpc) is 3.41. The van der Waals surface area contributed by atoms with E-state index in [-0.39, 0.29) is 23.9 Å². The second-order valence-corrected chi connectivity index (χ2v) is 7.50. The average molecular weight is 462 g/mol. The Hall–Kier alpha value is -4.67. The van der Waals surface area contributed by atoms with Gasteiger partial charge in [-0.05, 0) is 55.0 Å². The number of nitrogens with zero attached hydrogens (tertiary/aromatic N) is 5. The summed E-state index contributed by atoms with van der Waals surface area (Å²) in [5.41, 5.74) is 1.42. The topological polar surface area (TPSA) is 107 Å². The molecule has 3 aromatic heterocycles. The quantitative estimate of drug-likeness (QED) is 0.429. The van der Waals surface area contributed by atoms with Gasteiger partial charge in [0.05, 0.1) is 5.56 Å². The Labute approximate surface area is 190 Å². The SMILES string of the molecule is Cc1cc(F)ccc1NC(=O)Cn1nc2c(-c3nc(-c4cccc(F)c4)no3)cccn2c1=O. The molecular formula is C23H16F2N6O3. The molecule has 3 heterocycles. The number of fused-ring (bicyclic) bond motifs is 1. The number of rotatable bonds is 5. The molecule has 0 saturated heterocycles. The molecule has 0 saturated carbocycles. The van der Waals surface area contributed by atoms with Crippen LogP contribution in [-0.4, -0.2) is 30.2 Å². The van der Waals surface area contributed by atoms with Crippen LogP contribution in [0.3, 0.4) is 0 Å². The number of carbonyl (C=O) groups is 1. The molecule has 1 N–H and O–H groups in total. The molecule has 0 aliphatic rings. The summed E-state index contributed by atoms with van der Waals surface area (Å²) in [5.74, 6) is -1.11. The molecule has 2 aromatic carbocycles.